The second-order valence-electron chi connectivity index (χ2n) is 8.39. The third-order valence-electron chi connectivity index (χ3n) is 6.52. The zero-order chi connectivity index (χ0) is 19.6. The molecule has 0 bridgehead atoms. The van der Waals surface area contributed by atoms with E-state index in [0.29, 0.717) is 6.42 Å². The molecule has 2 aromatic heterocycles. The molecule has 6 heteroatoms. The molecule has 1 amide bonds. The van der Waals surface area contributed by atoms with Gasteiger partial charge in [0.25, 0.3) is 0 Å². The predicted molar refractivity (Wildman–Crippen MR) is 113 cm³/mol. The van der Waals surface area contributed by atoms with Gasteiger partial charge in [0.15, 0.2) is 5.82 Å². The summed E-state index contributed by atoms with van der Waals surface area (Å²) in [6.45, 7) is 1.84. The number of H-pyrrole nitrogens is 1. The van der Waals surface area contributed by atoms with Gasteiger partial charge in [-0.1, -0.05) is 24.6 Å². The Morgan fingerprint density at radius 2 is 2.03 bits per heavy atom. The number of aromatic nitrogens is 4. The second-order valence-corrected chi connectivity index (χ2v) is 8.39. The van der Waals surface area contributed by atoms with Gasteiger partial charge in [0, 0.05) is 43.0 Å². The predicted octanol–water partition coefficient (Wildman–Crippen LogP) is 4.17. The quantitative estimate of drug-likeness (QED) is 0.710. The molecular weight excluding hydrogens is 362 g/mol. The van der Waals surface area contributed by atoms with E-state index in [-0.39, 0.29) is 11.9 Å². The normalized spacial score (nSPS) is 19.4. The van der Waals surface area contributed by atoms with Crippen molar-refractivity contribution in [2.45, 2.75) is 70.4 Å². The largest absolute Gasteiger partial charge is 0.361 e. The van der Waals surface area contributed by atoms with Crippen LogP contribution in [0.4, 0.5) is 0 Å². The third kappa shape index (κ3) is 3.56. The van der Waals surface area contributed by atoms with E-state index >= 15 is 0 Å². The van der Waals surface area contributed by atoms with Crippen molar-refractivity contribution in [2.75, 3.05) is 6.54 Å². The number of nitrogens with one attached hydrogen (secondary N) is 1. The number of rotatable bonds is 5. The maximum Gasteiger partial charge on any atom is 0.223 e. The van der Waals surface area contributed by atoms with Crippen LogP contribution in [0.2, 0.25) is 0 Å². The van der Waals surface area contributed by atoms with E-state index in [2.05, 4.69) is 49.0 Å². The Bertz CT molecular complexity index is 1000. The first-order valence-corrected chi connectivity index (χ1v) is 11.1. The molecule has 1 fully saturated rings. The lowest BCUT2D eigenvalue weighted by molar-refractivity contribution is -0.132. The fourth-order valence-electron chi connectivity index (χ4n) is 5.00. The molecule has 0 radical (unpaired) electrons. The fraction of sp³-hybridized carbons (Fsp3) is 0.522. The summed E-state index contributed by atoms with van der Waals surface area (Å²) < 4.78 is 2.30. The summed E-state index contributed by atoms with van der Waals surface area (Å²) in [7, 11) is 0. The number of carbonyl (C=O) groups excluding carboxylic acids is 1. The molecule has 29 heavy (non-hydrogen) atoms. The van der Waals surface area contributed by atoms with Gasteiger partial charge in [-0.15, -0.1) is 10.2 Å². The van der Waals surface area contributed by atoms with E-state index in [4.69, 9.17) is 0 Å². The zero-order valence-corrected chi connectivity index (χ0v) is 16.9. The fourth-order valence-corrected chi connectivity index (χ4v) is 5.00. The van der Waals surface area contributed by atoms with Crippen molar-refractivity contribution in [1.29, 1.82) is 0 Å². The van der Waals surface area contributed by atoms with Crippen molar-refractivity contribution < 1.29 is 4.79 Å². The molecule has 5 rings (SSSR count). The van der Waals surface area contributed by atoms with Gasteiger partial charge >= 0.3 is 0 Å². The first-order chi connectivity index (χ1) is 14.3. The lowest BCUT2D eigenvalue weighted by Crippen LogP contribution is -2.32. The van der Waals surface area contributed by atoms with Crippen molar-refractivity contribution >= 4 is 16.8 Å². The lowest BCUT2D eigenvalue weighted by atomic mass is 10.1. The Morgan fingerprint density at radius 3 is 3.00 bits per heavy atom. The minimum atomic E-state index is 0.106. The number of hydrogen-bond donors (Lipinski definition) is 1. The highest BCUT2D eigenvalue weighted by Gasteiger charge is 2.34. The summed E-state index contributed by atoms with van der Waals surface area (Å²) in [4.78, 5) is 18.4. The van der Waals surface area contributed by atoms with Gasteiger partial charge in [0.2, 0.25) is 5.91 Å². The highest BCUT2D eigenvalue weighted by Crippen LogP contribution is 2.33. The second kappa shape index (κ2) is 8.01. The molecule has 1 atom stereocenters. The van der Waals surface area contributed by atoms with Crippen LogP contribution in [0, 0.1) is 0 Å². The van der Waals surface area contributed by atoms with E-state index in [1.165, 1.54) is 35.7 Å². The van der Waals surface area contributed by atoms with Crippen molar-refractivity contribution in [3.05, 3.63) is 47.7 Å². The van der Waals surface area contributed by atoms with Crippen molar-refractivity contribution in [3.8, 4) is 0 Å². The Morgan fingerprint density at radius 1 is 1.10 bits per heavy atom. The average molecular weight is 392 g/mol. The van der Waals surface area contributed by atoms with Crippen LogP contribution in [0.1, 0.15) is 68.2 Å². The van der Waals surface area contributed by atoms with Crippen LogP contribution in [0.3, 0.4) is 0 Å². The van der Waals surface area contributed by atoms with Gasteiger partial charge in [0.05, 0.1) is 6.04 Å². The lowest BCUT2D eigenvalue weighted by Gasteiger charge is -2.24. The van der Waals surface area contributed by atoms with Crippen LogP contribution < -0.4 is 0 Å². The smallest absolute Gasteiger partial charge is 0.223 e. The molecule has 0 spiro atoms. The van der Waals surface area contributed by atoms with Crippen LogP contribution >= 0.6 is 0 Å². The van der Waals surface area contributed by atoms with Gasteiger partial charge in [-0.3, -0.25) is 4.79 Å². The summed E-state index contributed by atoms with van der Waals surface area (Å²) in [6.07, 6.45) is 11.2. The van der Waals surface area contributed by atoms with Gasteiger partial charge < -0.3 is 14.5 Å². The molecule has 0 aliphatic carbocycles. The molecule has 0 saturated carbocycles. The molecule has 3 aromatic rings. The third-order valence-corrected chi connectivity index (χ3v) is 6.52. The number of aryl methyl sites for hydroxylation is 2. The van der Waals surface area contributed by atoms with Crippen molar-refractivity contribution in [3.63, 3.8) is 0 Å². The number of para-hydroxylation sites is 1. The molecule has 2 aliphatic heterocycles. The Kier molecular flexibility index (Phi) is 5.08. The molecule has 1 unspecified atom stereocenters. The maximum absolute atomic E-state index is 13.0. The van der Waals surface area contributed by atoms with Crippen molar-refractivity contribution in [2.24, 2.45) is 0 Å². The van der Waals surface area contributed by atoms with E-state index in [0.717, 1.165) is 56.8 Å². The summed E-state index contributed by atoms with van der Waals surface area (Å²) in [5.74, 6) is 2.39. The van der Waals surface area contributed by atoms with Gasteiger partial charge in [0.1, 0.15) is 5.82 Å². The molecular formula is C23H29N5O. The van der Waals surface area contributed by atoms with Gasteiger partial charge in [-0.2, -0.15) is 0 Å². The van der Waals surface area contributed by atoms with Gasteiger partial charge in [-0.25, -0.2) is 0 Å². The standard InChI is InChI=1S/C23H29N5O/c29-22(13-6-8-17-16-24-19-10-4-3-9-18(17)19)27-15-7-11-20(27)23-26-25-21-12-2-1-5-14-28(21)23/h3-4,9-10,16,20,24H,1-2,5-8,11-15H2. The zero-order valence-electron chi connectivity index (χ0n) is 16.9. The summed E-state index contributed by atoms with van der Waals surface area (Å²) in [5.41, 5.74) is 2.47. The first kappa shape index (κ1) is 18.4. The van der Waals surface area contributed by atoms with Crippen molar-refractivity contribution in [1.82, 2.24) is 24.6 Å². The molecule has 6 nitrogen and oxygen atoms in total. The Balaban J connectivity index is 1.24. The number of benzene rings is 1. The SMILES string of the molecule is O=C(CCCc1c[nH]c2ccccc12)N1CCCC1c1nnc2n1CCCCC2. The molecule has 152 valence electrons. The molecule has 1 N–H and O–H groups in total. The number of carbonyl (C=O) groups is 1. The van der Waals surface area contributed by atoms with E-state index in [1.807, 2.05) is 6.07 Å². The van der Waals surface area contributed by atoms with Crippen LogP contribution in [0.5, 0.6) is 0 Å². The minimum absolute atomic E-state index is 0.106. The topological polar surface area (TPSA) is 66.8 Å². The monoisotopic (exact) mass is 391 g/mol. The average Bonchev–Trinajstić information content (AvgIpc) is 3.43. The molecule has 2 aliphatic rings. The summed E-state index contributed by atoms with van der Waals surface area (Å²) >= 11 is 0. The highest BCUT2D eigenvalue weighted by molar-refractivity contribution is 5.83. The van der Waals surface area contributed by atoms with E-state index in [9.17, 15) is 4.79 Å². The summed E-state index contributed by atoms with van der Waals surface area (Å²) in [5, 5.41) is 10.2. The van der Waals surface area contributed by atoms with Crippen LogP contribution in [-0.2, 0) is 24.2 Å². The van der Waals surface area contributed by atoms with E-state index in [1.54, 1.807) is 0 Å². The number of amides is 1. The molecule has 1 saturated heterocycles. The van der Waals surface area contributed by atoms with Crippen LogP contribution in [0.25, 0.3) is 10.9 Å². The molecule has 4 heterocycles. The number of aromatic amines is 1. The van der Waals surface area contributed by atoms with Crippen LogP contribution in [-0.4, -0.2) is 37.1 Å². The number of fused-ring (bicyclic) bond motifs is 2. The van der Waals surface area contributed by atoms with Gasteiger partial charge in [-0.05, 0) is 50.2 Å². The first-order valence-electron chi connectivity index (χ1n) is 11.1. The maximum atomic E-state index is 13.0. The Hall–Kier alpha value is -2.63. The number of hydrogen-bond acceptors (Lipinski definition) is 3. The Labute approximate surface area is 171 Å². The van der Waals surface area contributed by atoms with Crippen LogP contribution in [0.15, 0.2) is 30.5 Å². The summed E-state index contributed by atoms with van der Waals surface area (Å²) in [6, 6.07) is 8.47. The van der Waals surface area contributed by atoms with E-state index < -0.39 is 0 Å². The highest BCUT2D eigenvalue weighted by atomic mass is 16.2. The number of nitrogens with zero attached hydrogens (tertiary/aromatic N) is 4. The molecule has 1 aromatic carbocycles. The minimum Gasteiger partial charge on any atom is -0.361 e. The number of likely N-dealkylation sites (tertiary alicyclic amines) is 1.